The summed E-state index contributed by atoms with van der Waals surface area (Å²) in [6.07, 6.45) is 3.56. The summed E-state index contributed by atoms with van der Waals surface area (Å²) in [5.74, 6) is 0.806. The van der Waals surface area contributed by atoms with Gasteiger partial charge in [0.05, 0.1) is 5.69 Å². The molecular formula is C16H21N7O. The molecule has 0 radical (unpaired) electrons. The van der Waals surface area contributed by atoms with Gasteiger partial charge in [0.2, 0.25) is 11.9 Å². The first-order valence-corrected chi connectivity index (χ1v) is 7.98. The largest absolute Gasteiger partial charge is 0.368 e. The number of aryl methyl sites for hydroxylation is 1. The molecule has 126 valence electrons. The minimum Gasteiger partial charge on any atom is -0.368 e. The fourth-order valence-electron chi connectivity index (χ4n) is 2.97. The van der Waals surface area contributed by atoms with Crippen LogP contribution in [0.25, 0.3) is 0 Å². The molecule has 0 aromatic carbocycles. The van der Waals surface area contributed by atoms with Crippen LogP contribution in [-0.2, 0) is 0 Å². The van der Waals surface area contributed by atoms with Crippen molar-refractivity contribution in [1.82, 2.24) is 24.8 Å². The Morgan fingerprint density at radius 3 is 2.96 bits per heavy atom. The van der Waals surface area contributed by atoms with E-state index >= 15 is 0 Å². The number of hydrogen-bond acceptors (Lipinski definition) is 7. The van der Waals surface area contributed by atoms with E-state index in [1.165, 1.54) is 0 Å². The predicted octanol–water partition coefficient (Wildman–Crippen LogP) is 1.22. The van der Waals surface area contributed by atoms with Crippen LogP contribution in [0.5, 0.6) is 0 Å². The number of carbonyl (C=O) groups excluding carboxylic acids is 1. The van der Waals surface area contributed by atoms with Crippen molar-refractivity contribution in [3.63, 3.8) is 0 Å². The molecule has 1 unspecified atom stereocenters. The Bertz CT molecular complexity index is 749. The fourth-order valence-corrected chi connectivity index (χ4v) is 2.97. The van der Waals surface area contributed by atoms with Crippen molar-refractivity contribution in [2.45, 2.75) is 25.7 Å². The minimum absolute atomic E-state index is 0.0799. The van der Waals surface area contributed by atoms with Crippen molar-refractivity contribution in [2.24, 2.45) is 0 Å². The molecule has 0 spiro atoms. The van der Waals surface area contributed by atoms with Crippen LogP contribution in [-0.4, -0.2) is 50.9 Å². The van der Waals surface area contributed by atoms with Gasteiger partial charge in [-0.15, -0.1) is 0 Å². The molecular weight excluding hydrogens is 306 g/mol. The van der Waals surface area contributed by atoms with Gasteiger partial charge in [-0.1, -0.05) is 0 Å². The summed E-state index contributed by atoms with van der Waals surface area (Å²) in [4.78, 5) is 31.4. The summed E-state index contributed by atoms with van der Waals surface area (Å²) in [7, 11) is 1.74. The molecule has 3 rings (SSSR count). The number of nitrogens with zero attached hydrogens (tertiary/aromatic N) is 5. The van der Waals surface area contributed by atoms with Crippen molar-refractivity contribution < 1.29 is 4.79 Å². The maximum absolute atomic E-state index is 12.8. The Hall–Kier alpha value is -2.77. The molecule has 3 heterocycles. The molecule has 1 atom stereocenters. The summed E-state index contributed by atoms with van der Waals surface area (Å²) in [5.41, 5.74) is 7.73. The minimum atomic E-state index is -0.0799. The maximum atomic E-state index is 12.8. The molecule has 0 bridgehead atoms. The van der Waals surface area contributed by atoms with Crippen LogP contribution >= 0.6 is 0 Å². The highest BCUT2D eigenvalue weighted by Crippen LogP contribution is 2.26. The lowest BCUT2D eigenvalue weighted by Crippen LogP contribution is -2.39. The molecule has 1 saturated heterocycles. The second kappa shape index (κ2) is 6.77. The van der Waals surface area contributed by atoms with Crippen molar-refractivity contribution in [3.05, 3.63) is 35.4 Å². The van der Waals surface area contributed by atoms with Gasteiger partial charge in [0.25, 0.3) is 5.91 Å². The van der Waals surface area contributed by atoms with Crippen LogP contribution < -0.4 is 11.1 Å². The second-order valence-electron chi connectivity index (χ2n) is 5.90. The van der Waals surface area contributed by atoms with E-state index < -0.39 is 0 Å². The summed E-state index contributed by atoms with van der Waals surface area (Å²) in [6, 6.07) is 3.58. The predicted molar refractivity (Wildman–Crippen MR) is 90.6 cm³/mol. The van der Waals surface area contributed by atoms with E-state index in [1.807, 2.05) is 17.9 Å². The molecule has 2 aromatic rings. The van der Waals surface area contributed by atoms with Crippen LogP contribution in [0.2, 0.25) is 0 Å². The maximum Gasteiger partial charge on any atom is 0.272 e. The van der Waals surface area contributed by atoms with Gasteiger partial charge >= 0.3 is 0 Å². The smallest absolute Gasteiger partial charge is 0.272 e. The third-order valence-corrected chi connectivity index (χ3v) is 4.12. The van der Waals surface area contributed by atoms with E-state index in [9.17, 15) is 4.79 Å². The SMILES string of the molecule is CNc1nc(C)cc(C(=O)N2CCCC(c3ccnc(N)n3)C2)n1. The molecule has 2 aromatic heterocycles. The average Bonchev–Trinajstić information content (AvgIpc) is 2.60. The van der Waals surface area contributed by atoms with Gasteiger partial charge < -0.3 is 16.0 Å². The van der Waals surface area contributed by atoms with Gasteiger partial charge in [-0.25, -0.2) is 19.9 Å². The Kier molecular flexibility index (Phi) is 4.54. The molecule has 8 heteroatoms. The third kappa shape index (κ3) is 3.42. The number of rotatable bonds is 3. The van der Waals surface area contributed by atoms with Gasteiger partial charge in [-0.2, -0.15) is 0 Å². The van der Waals surface area contributed by atoms with Gasteiger partial charge in [-0.05, 0) is 31.9 Å². The fraction of sp³-hybridized carbons (Fsp3) is 0.438. The van der Waals surface area contributed by atoms with E-state index in [4.69, 9.17) is 5.73 Å². The summed E-state index contributed by atoms with van der Waals surface area (Å²) < 4.78 is 0. The molecule has 0 aliphatic carbocycles. The molecule has 1 aliphatic heterocycles. The Labute approximate surface area is 140 Å². The van der Waals surface area contributed by atoms with Gasteiger partial charge in [0, 0.05) is 37.9 Å². The number of amides is 1. The lowest BCUT2D eigenvalue weighted by Gasteiger charge is -2.32. The third-order valence-electron chi connectivity index (χ3n) is 4.12. The molecule has 8 nitrogen and oxygen atoms in total. The Balaban J connectivity index is 1.79. The number of nitrogen functional groups attached to an aromatic ring is 1. The first-order chi connectivity index (χ1) is 11.6. The topological polar surface area (TPSA) is 110 Å². The summed E-state index contributed by atoms with van der Waals surface area (Å²) in [6.45, 7) is 3.17. The lowest BCUT2D eigenvalue weighted by molar-refractivity contribution is 0.0700. The first-order valence-electron chi connectivity index (χ1n) is 7.98. The molecule has 1 aliphatic rings. The monoisotopic (exact) mass is 327 g/mol. The van der Waals surface area contributed by atoms with Crippen molar-refractivity contribution in [3.8, 4) is 0 Å². The zero-order chi connectivity index (χ0) is 17.1. The van der Waals surface area contributed by atoms with Crippen LogP contribution in [0.15, 0.2) is 18.3 Å². The first kappa shape index (κ1) is 16.1. The molecule has 1 amide bonds. The average molecular weight is 327 g/mol. The number of piperidine rings is 1. The zero-order valence-electron chi connectivity index (χ0n) is 13.9. The molecule has 1 fully saturated rings. The number of aromatic nitrogens is 4. The van der Waals surface area contributed by atoms with E-state index in [0.29, 0.717) is 24.7 Å². The number of anilines is 2. The van der Waals surface area contributed by atoms with Crippen LogP contribution in [0.3, 0.4) is 0 Å². The van der Waals surface area contributed by atoms with E-state index in [0.717, 1.165) is 24.2 Å². The summed E-state index contributed by atoms with van der Waals surface area (Å²) in [5, 5.41) is 2.88. The normalized spacial score (nSPS) is 17.6. The van der Waals surface area contributed by atoms with Crippen molar-refractivity contribution in [2.75, 3.05) is 31.2 Å². The van der Waals surface area contributed by atoms with Crippen LogP contribution in [0, 0.1) is 6.92 Å². The van der Waals surface area contributed by atoms with E-state index in [-0.39, 0.29) is 17.8 Å². The number of nitrogens with one attached hydrogen (secondary N) is 1. The van der Waals surface area contributed by atoms with Crippen molar-refractivity contribution in [1.29, 1.82) is 0 Å². The highest BCUT2D eigenvalue weighted by atomic mass is 16.2. The molecule has 24 heavy (non-hydrogen) atoms. The standard InChI is InChI=1S/C16H21N7O/c1-10-8-13(22-16(18-2)20-10)14(24)23-7-3-4-11(9-23)12-5-6-19-15(17)21-12/h5-6,8,11H,3-4,7,9H2,1-2H3,(H2,17,19,21)(H,18,20,22). The van der Waals surface area contributed by atoms with Crippen molar-refractivity contribution >= 4 is 17.8 Å². The second-order valence-corrected chi connectivity index (χ2v) is 5.90. The Morgan fingerprint density at radius 2 is 2.21 bits per heavy atom. The van der Waals surface area contributed by atoms with Gasteiger partial charge in [0.1, 0.15) is 5.69 Å². The highest BCUT2D eigenvalue weighted by Gasteiger charge is 2.27. The molecule has 0 saturated carbocycles. The number of hydrogen-bond donors (Lipinski definition) is 2. The number of likely N-dealkylation sites (tertiary alicyclic amines) is 1. The van der Waals surface area contributed by atoms with E-state index in [1.54, 1.807) is 19.3 Å². The number of nitrogens with two attached hydrogens (primary N) is 1. The lowest BCUT2D eigenvalue weighted by atomic mass is 9.94. The highest BCUT2D eigenvalue weighted by molar-refractivity contribution is 5.92. The number of carbonyl (C=O) groups is 1. The van der Waals surface area contributed by atoms with Crippen LogP contribution in [0.1, 0.15) is 40.6 Å². The Morgan fingerprint density at radius 1 is 1.38 bits per heavy atom. The molecule has 3 N–H and O–H groups in total. The van der Waals surface area contributed by atoms with Gasteiger partial charge in [-0.3, -0.25) is 4.79 Å². The van der Waals surface area contributed by atoms with Gasteiger partial charge in [0.15, 0.2) is 0 Å². The summed E-state index contributed by atoms with van der Waals surface area (Å²) >= 11 is 0. The quantitative estimate of drug-likeness (QED) is 0.872. The zero-order valence-corrected chi connectivity index (χ0v) is 13.9. The van der Waals surface area contributed by atoms with Crippen LogP contribution in [0.4, 0.5) is 11.9 Å². The van der Waals surface area contributed by atoms with E-state index in [2.05, 4.69) is 25.3 Å².